The molecule has 0 aliphatic carbocycles. The zero-order chi connectivity index (χ0) is 20.9. The molecule has 4 heteroatoms. The van der Waals surface area contributed by atoms with Gasteiger partial charge in [0.1, 0.15) is 5.75 Å². The Labute approximate surface area is 168 Å². The van der Waals surface area contributed by atoms with E-state index in [-0.39, 0.29) is 11.9 Å². The fraction of sp³-hybridized carbons (Fsp3) is 0.417. The normalized spacial score (nSPS) is 11.0. The molecule has 0 aromatic heterocycles. The first kappa shape index (κ1) is 23.4. The number of ether oxygens (including phenoxy) is 2. The number of hydrogen-bond acceptors (Lipinski definition) is 4. The van der Waals surface area contributed by atoms with E-state index < -0.39 is 0 Å². The molecule has 0 aliphatic rings. The predicted molar refractivity (Wildman–Crippen MR) is 113 cm³/mol. The van der Waals surface area contributed by atoms with Crippen LogP contribution in [0.25, 0.3) is 0 Å². The highest BCUT2D eigenvalue weighted by molar-refractivity contribution is 5.91. The summed E-state index contributed by atoms with van der Waals surface area (Å²) in [7, 11) is 1.38. The summed E-state index contributed by atoms with van der Waals surface area (Å²) in [6.07, 6.45) is 3.66. The van der Waals surface area contributed by atoms with Gasteiger partial charge in [0.05, 0.1) is 12.7 Å². The molecule has 2 rings (SSSR count). The minimum absolute atomic E-state index is 0.157. The van der Waals surface area contributed by atoms with Crippen molar-refractivity contribution in [3.8, 4) is 5.75 Å². The van der Waals surface area contributed by atoms with Gasteiger partial charge in [-0.3, -0.25) is 4.79 Å². The number of aryl methyl sites for hydroxylation is 1. The summed E-state index contributed by atoms with van der Waals surface area (Å²) >= 11 is 0. The van der Waals surface area contributed by atoms with Crippen LogP contribution in [-0.4, -0.2) is 19.0 Å². The molecule has 0 radical (unpaired) electrons. The van der Waals surface area contributed by atoms with Gasteiger partial charge < -0.3 is 9.47 Å². The van der Waals surface area contributed by atoms with Gasteiger partial charge in [0.15, 0.2) is 0 Å². The lowest BCUT2D eigenvalue weighted by Crippen LogP contribution is -2.08. The zero-order valence-corrected chi connectivity index (χ0v) is 17.7. The summed E-state index contributed by atoms with van der Waals surface area (Å²) in [5, 5.41) is 0. The van der Waals surface area contributed by atoms with Crippen LogP contribution in [-0.2, 0) is 22.4 Å². The third-order valence-electron chi connectivity index (χ3n) is 4.53. The minimum atomic E-state index is -0.306. The molecule has 0 spiro atoms. The summed E-state index contributed by atoms with van der Waals surface area (Å²) in [5.41, 5.74) is 3.08. The van der Waals surface area contributed by atoms with Crippen molar-refractivity contribution in [2.24, 2.45) is 5.92 Å². The maximum atomic E-state index is 12.1. The lowest BCUT2D eigenvalue weighted by atomic mass is 9.98. The Balaban J connectivity index is 0.000000568. The Bertz CT molecular complexity index is 711. The van der Waals surface area contributed by atoms with Crippen LogP contribution in [0.1, 0.15) is 62.0 Å². The summed E-state index contributed by atoms with van der Waals surface area (Å²) in [6.45, 7) is 8.29. The fourth-order valence-electron chi connectivity index (χ4n) is 2.43. The van der Waals surface area contributed by atoms with E-state index in [4.69, 9.17) is 4.74 Å². The highest BCUT2D eigenvalue weighted by Gasteiger charge is 2.09. The van der Waals surface area contributed by atoms with Crippen molar-refractivity contribution in [3.05, 3.63) is 65.2 Å². The van der Waals surface area contributed by atoms with Crippen molar-refractivity contribution in [1.29, 1.82) is 0 Å². The van der Waals surface area contributed by atoms with Crippen LogP contribution < -0.4 is 4.74 Å². The van der Waals surface area contributed by atoms with Crippen molar-refractivity contribution in [1.82, 2.24) is 0 Å². The number of carbonyl (C=O) groups excluding carboxylic acids is 2. The van der Waals surface area contributed by atoms with Gasteiger partial charge in [-0.1, -0.05) is 58.4 Å². The Morgan fingerprint density at radius 3 is 1.89 bits per heavy atom. The smallest absolute Gasteiger partial charge is 0.343 e. The van der Waals surface area contributed by atoms with Crippen LogP contribution in [0.2, 0.25) is 0 Å². The molecule has 1 atom stereocenters. The van der Waals surface area contributed by atoms with Gasteiger partial charge in [-0.25, -0.2) is 4.79 Å². The molecule has 28 heavy (non-hydrogen) atoms. The number of hydrogen-bond donors (Lipinski definition) is 0. The average molecular weight is 385 g/mol. The van der Waals surface area contributed by atoms with E-state index in [1.54, 1.807) is 6.92 Å². The first-order valence-corrected chi connectivity index (χ1v) is 9.90. The number of benzene rings is 2. The number of carbonyl (C=O) groups is 2. The van der Waals surface area contributed by atoms with Crippen LogP contribution in [0.15, 0.2) is 48.5 Å². The van der Waals surface area contributed by atoms with Crippen LogP contribution in [0.4, 0.5) is 0 Å². The van der Waals surface area contributed by atoms with E-state index in [9.17, 15) is 9.59 Å². The van der Waals surface area contributed by atoms with Gasteiger partial charge in [0.25, 0.3) is 0 Å². The van der Waals surface area contributed by atoms with E-state index >= 15 is 0 Å². The maximum absolute atomic E-state index is 12.1. The molecular weight excluding hydrogens is 352 g/mol. The van der Waals surface area contributed by atoms with Crippen LogP contribution >= 0.6 is 0 Å². The van der Waals surface area contributed by atoms with Gasteiger partial charge in [0.2, 0.25) is 0 Å². The molecule has 4 nitrogen and oxygen atoms in total. The van der Waals surface area contributed by atoms with Crippen molar-refractivity contribution in [3.63, 3.8) is 0 Å². The Kier molecular flexibility index (Phi) is 10.6. The molecule has 0 amide bonds. The van der Waals surface area contributed by atoms with Crippen molar-refractivity contribution >= 4 is 11.9 Å². The molecule has 2 aromatic rings. The predicted octanol–water partition coefficient (Wildman–Crippen LogP) is 5.63. The van der Waals surface area contributed by atoms with Crippen LogP contribution in [0, 0.1) is 5.92 Å². The van der Waals surface area contributed by atoms with Gasteiger partial charge >= 0.3 is 11.9 Å². The zero-order valence-electron chi connectivity index (χ0n) is 17.7. The second kappa shape index (κ2) is 12.7. The molecule has 0 aliphatic heterocycles. The molecule has 1 unspecified atom stereocenters. The molecule has 0 heterocycles. The quantitative estimate of drug-likeness (QED) is 0.459. The molecule has 0 saturated carbocycles. The Morgan fingerprint density at radius 1 is 0.893 bits per heavy atom. The molecule has 0 fully saturated rings. The van der Waals surface area contributed by atoms with Gasteiger partial charge in [-0.15, -0.1) is 0 Å². The monoisotopic (exact) mass is 384 g/mol. The number of methoxy groups -OCH3 is 1. The molecule has 152 valence electrons. The molecule has 0 bridgehead atoms. The van der Waals surface area contributed by atoms with E-state index in [1.165, 1.54) is 18.2 Å². The average Bonchev–Trinajstić information content (AvgIpc) is 2.74. The van der Waals surface area contributed by atoms with Gasteiger partial charge in [-0.2, -0.15) is 0 Å². The number of esters is 2. The standard InChI is InChI=1S/C20H24O2.C4H8O2/c1-4-15(3)14-17-6-10-18(11-7-17)20(21)22-19-12-8-16(5-2)9-13-19;1-3-4(5)6-2/h6-13,15H,4-5,14H2,1-3H3;3H2,1-2H3. The Morgan fingerprint density at radius 2 is 1.46 bits per heavy atom. The van der Waals surface area contributed by atoms with Crippen LogP contribution in [0.3, 0.4) is 0 Å². The van der Waals surface area contributed by atoms with E-state index in [1.807, 2.05) is 48.5 Å². The Hall–Kier alpha value is -2.62. The topological polar surface area (TPSA) is 52.6 Å². The molecular formula is C24H32O4. The molecule has 2 aromatic carbocycles. The highest BCUT2D eigenvalue weighted by atomic mass is 16.5. The third-order valence-corrected chi connectivity index (χ3v) is 4.53. The highest BCUT2D eigenvalue weighted by Crippen LogP contribution is 2.16. The third kappa shape index (κ3) is 8.38. The lowest BCUT2D eigenvalue weighted by molar-refractivity contribution is -0.140. The van der Waals surface area contributed by atoms with Gasteiger partial charge in [0, 0.05) is 6.42 Å². The second-order valence-corrected chi connectivity index (χ2v) is 6.73. The fourth-order valence-corrected chi connectivity index (χ4v) is 2.43. The largest absolute Gasteiger partial charge is 0.469 e. The lowest BCUT2D eigenvalue weighted by Gasteiger charge is -2.09. The molecule has 0 saturated heterocycles. The van der Waals surface area contributed by atoms with Crippen molar-refractivity contribution in [2.45, 2.75) is 53.4 Å². The van der Waals surface area contributed by atoms with E-state index in [0.717, 1.165) is 19.3 Å². The number of rotatable bonds is 7. The summed E-state index contributed by atoms with van der Waals surface area (Å²) in [6, 6.07) is 15.4. The summed E-state index contributed by atoms with van der Waals surface area (Å²) in [5.74, 6) is 0.787. The van der Waals surface area contributed by atoms with Crippen molar-refractivity contribution in [2.75, 3.05) is 7.11 Å². The van der Waals surface area contributed by atoms with E-state index in [0.29, 0.717) is 23.7 Å². The maximum Gasteiger partial charge on any atom is 0.343 e. The second-order valence-electron chi connectivity index (χ2n) is 6.73. The van der Waals surface area contributed by atoms with Crippen LogP contribution in [0.5, 0.6) is 5.75 Å². The first-order valence-electron chi connectivity index (χ1n) is 9.90. The summed E-state index contributed by atoms with van der Waals surface area (Å²) in [4.78, 5) is 22.1. The van der Waals surface area contributed by atoms with Gasteiger partial charge in [-0.05, 0) is 54.2 Å². The minimum Gasteiger partial charge on any atom is -0.469 e. The van der Waals surface area contributed by atoms with E-state index in [2.05, 4.69) is 25.5 Å². The molecule has 0 N–H and O–H groups in total. The summed E-state index contributed by atoms with van der Waals surface area (Å²) < 4.78 is 9.66. The van der Waals surface area contributed by atoms with Crippen molar-refractivity contribution < 1.29 is 19.1 Å². The SMILES string of the molecule is CCC(=O)OC.CCc1ccc(OC(=O)c2ccc(CC(C)CC)cc2)cc1. The first-order chi connectivity index (χ1) is 13.4.